The van der Waals surface area contributed by atoms with Gasteiger partial charge < -0.3 is 15.0 Å². The van der Waals surface area contributed by atoms with Crippen molar-refractivity contribution >= 4 is 17.5 Å². The molecular weight excluding hydrogens is 385 g/mol. The maximum Gasteiger partial charge on any atom is 0.416 e. The van der Waals surface area contributed by atoms with E-state index in [9.17, 15) is 22.8 Å². The molecule has 1 aliphatic heterocycles. The number of benzene rings is 2. The molecular formula is C21H21F3N2O3. The number of hydrogen-bond donors (Lipinski definition) is 1. The molecule has 1 aliphatic rings. The topological polar surface area (TPSA) is 58.6 Å². The summed E-state index contributed by atoms with van der Waals surface area (Å²) in [4.78, 5) is 26.2. The van der Waals surface area contributed by atoms with Crippen molar-refractivity contribution in [3.63, 3.8) is 0 Å². The average Bonchev–Trinajstić information content (AvgIpc) is 3.22. The normalized spacial score (nSPS) is 16.5. The predicted octanol–water partition coefficient (Wildman–Crippen LogP) is 4.10. The molecule has 0 saturated carbocycles. The number of ether oxygens (including phenoxy) is 1. The van der Waals surface area contributed by atoms with Gasteiger partial charge in [-0.3, -0.25) is 9.59 Å². The predicted molar refractivity (Wildman–Crippen MR) is 101 cm³/mol. The molecule has 3 rings (SSSR count). The molecule has 0 spiro atoms. The van der Waals surface area contributed by atoms with Crippen molar-refractivity contribution in [2.45, 2.75) is 31.7 Å². The SMILES string of the molecule is CN(Cc1cccc(C(F)(F)F)c1)C(=O)c1cccc(NC(=O)C2CCCO2)c1. The lowest BCUT2D eigenvalue weighted by Crippen LogP contribution is -2.28. The van der Waals surface area contributed by atoms with Crippen LogP contribution in [-0.4, -0.2) is 36.5 Å². The maximum atomic E-state index is 12.9. The number of alkyl halides is 3. The van der Waals surface area contributed by atoms with Crippen molar-refractivity contribution in [3.05, 3.63) is 65.2 Å². The fourth-order valence-electron chi connectivity index (χ4n) is 3.15. The van der Waals surface area contributed by atoms with Gasteiger partial charge in [-0.2, -0.15) is 13.2 Å². The number of anilines is 1. The Hall–Kier alpha value is -2.87. The molecule has 5 nitrogen and oxygen atoms in total. The molecule has 0 bridgehead atoms. The van der Waals surface area contributed by atoms with Crippen LogP contribution < -0.4 is 5.32 Å². The Bertz CT molecular complexity index is 893. The van der Waals surface area contributed by atoms with E-state index >= 15 is 0 Å². The van der Waals surface area contributed by atoms with Gasteiger partial charge in [0.2, 0.25) is 0 Å². The Labute approximate surface area is 166 Å². The monoisotopic (exact) mass is 406 g/mol. The summed E-state index contributed by atoms with van der Waals surface area (Å²) in [6.07, 6.45) is -3.44. The molecule has 0 aromatic heterocycles. The lowest BCUT2D eigenvalue weighted by molar-refractivity contribution is -0.137. The standard InChI is InChI=1S/C21H21F3N2O3/c1-26(13-14-5-2-7-16(11-14)21(22,23)24)20(28)15-6-3-8-17(12-15)25-19(27)18-9-4-10-29-18/h2-3,5-8,11-12,18H,4,9-10,13H2,1H3,(H,25,27). The van der Waals surface area contributed by atoms with E-state index in [4.69, 9.17) is 4.74 Å². The number of carbonyl (C=O) groups is 2. The maximum absolute atomic E-state index is 12.9. The van der Waals surface area contributed by atoms with E-state index in [-0.39, 0.29) is 18.4 Å². The van der Waals surface area contributed by atoms with E-state index in [1.54, 1.807) is 18.2 Å². The molecule has 29 heavy (non-hydrogen) atoms. The number of rotatable bonds is 5. The van der Waals surface area contributed by atoms with Gasteiger partial charge in [0.1, 0.15) is 6.10 Å². The van der Waals surface area contributed by atoms with Crippen LogP contribution in [0.2, 0.25) is 0 Å². The Kier molecular flexibility index (Phi) is 6.22. The number of halogens is 3. The summed E-state index contributed by atoms with van der Waals surface area (Å²) in [7, 11) is 1.51. The summed E-state index contributed by atoms with van der Waals surface area (Å²) in [6.45, 7) is 0.576. The van der Waals surface area contributed by atoms with Gasteiger partial charge in [-0.25, -0.2) is 0 Å². The highest BCUT2D eigenvalue weighted by Crippen LogP contribution is 2.29. The van der Waals surface area contributed by atoms with Gasteiger partial charge in [0, 0.05) is 31.5 Å². The minimum absolute atomic E-state index is 0.0231. The van der Waals surface area contributed by atoms with Crippen molar-refractivity contribution in [2.24, 2.45) is 0 Å². The molecule has 2 aromatic carbocycles. The van der Waals surface area contributed by atoms with E-state index in [0.29, 0.717) is 29.8 Å². The van der Waals surface area contributed by atoms with Gasteiger partial charge in [0.15, 0.2) is 0 Å². The number of hydrogen-bond acceptors (Lipinski definition) is 3. The zero-order chi connectivity index (χ0) is 21.0. The van der Waals surface area contributed by atoms with Crippen LogP contribution in [0.15, 0.2) is 48.5 Å². The van der Waals surface area contributed by atoms with Gasteiger partial charge in [0.05, 0.1) is 5.56 Å². The fraction of sp³-hybridized carbons (Fsp3) is 0.333. The Morgan fingerprint density at radius 3 is 2.62 bits per heavy atom. The lowest BCUT2D eigenvalue weighted by atomic mass is 10.1. The van der Waals surface area contributed by atoms with Crippen LogP contribution in [0.5, 0.6) is 0 Å². The molecule has 2 aromatic rings. The second-order valence-electron chi connectivity index (χ2n) is 6.93. The molecule has 1 unspecified atom stereocenters. The number of amides is 2. The molecule has 0 aliphatic carbocycles. The van der Waals surface area contributed by atoms with Gasteiger partial charge in [-0.1, -0.05) is 18.2 Å². The molecule has 1 heterocycles. The van der Waals surface area contributed by atoms with Crippen LogP contribution in [0.25, 0.3) is 0 Å². The van der Waals surface area contributed by atoms with E-state index in [1.807, 2.05) is 0 Å². The molecule has 0 radical (unpaired) electrons. The second-order valence-corrected chi connectivity index (χ2v) is 6.93. The minimum Gasteiger partial charge on any atom is -0.368 e. The van der Waals surface area contributed by atoms with Crippen LogP contribution in [0.4, 0.5) is 18.9 Å². The van der Waals surface area contributed by atoms with Crippen LogP contribution in [0.1, 0.15) is 34.3 Å². The van der Waals surface area contributed by atoms with Crippen LogP contribution in [0.3, 0.4) is 0 Å². The lowest BCUT2D eigenvalue weighted by Gasteiger charge is -2.19. The number of nitrogens with one attached hydrogen (secondary N) is 1. The highest BCUT2D eigenvalue weighted by molar-refractivity contribution is 5.98. The summed E-state index contributed by atoms with van der Waals surface area (Å²) in [5.41, 5.74) is 0.404. The third kappa shape index (κ3) is 5.35. The van der Waals surface area contributed by atoms with Crippen LogP contribution in [0, 0.1) is 0 Å². The van der Waals surface area contributed by atoms with Crippen molar-refractivity contribution in [2.75, 3.05) is 19.0 Å². The zero-order valence-electron chi connectivity index (χ0n) is 15.8. The summed E-state index contributed by atoms with van der Waals surface area (Å²) >= 11 is 0. The van der Waals surface area contributed by atoms with Crippen molar-refractivity contribution in [3.8, 4) is 0 Å². The number of nitrogens with zero attached hydrogens (tertiary/aromatic N) is 1. The Morgan fingerprint density at radius 1 is 1.17 bits per heavy atom. The smallest absolute Gasteiger partial charge is 0.368 e. The molecule has 1 fully saturated rings. The van der Waals surface area contributed by atoms with Gasteiger partial charge in [-0.05, 0) is 48.7 Å². The first-order chi connectivity index (χ1) is 13.7. The quantitative estimate of drug-likeness (QED) is 0.814. The molecule has 1 atom stereocenters. The molecule has 1 N–H and O–H groups in total. The van der Waals surface area contributed by atoms with E-state index in [1.165, 1.54) is 30.1 Å². The largest absolute Gasteiger partial charge is 0.416 e. The third-order valence-corrected chi connectivity index (χ3v) is 4.62. The Balaban J connectivity index is 1.67. The van der Waals surface area contributed by atoms with Crippen molar-refractivity contribution < 1.29 is 27.5 Å². The van der Waals surface area contributed by atoms with E-state index in [2.05, 4.69) is 5.32 Å². The minimum atomic E-state index is -4.44. The Morgan fingerprint density at radius 2 is 1.93 bits per heavy atom. The van der Waals surface area contributed by atoms with E-state index in [0.717, 1.165) is 18.6 Å². The summed E-state index contributed by atoms with van der Waals surface area (Å²) < 4.78 is 43.9. The molecule has 8 heteroatoms. The van der Waals surface area contributed by atoms with Crippen LogP contribution >= 0.6 is 0 Å². The first-order valence-electron chi connectivity index (χ1n) is 9.18. The zero-order valence-corrected chi connectivity index (χ0v) is 15.8. The second kappa shape index (κ2) is 8.65. The van der Waals surface area contributed by atoms with Crippen molar-refractivity contribution in [1.82, 2.24) is 4.90 Å². The first-order valence-corrected chi connectivity index (χ1v) is 9.18. The van der Waals surface area contributed by atoms with E-state index < -0.39 is 17.8 Å². The van der Waals surface area contributed by atoms with Crippen molar-refractivity contribution in [1.29, 1.82) is 0 Å². The first kappa shape index (κ1) is 20.9. The fourth-order valence-corrected chi connectivity index (χ4v) is 3.15. The number of carbonyl (C=O) groups excluding carboxylic acids is 2. The van der Waals surface area contributed by atoms with Crippen LogP contribution in [-0.2, 0) is 22.3 Å². The third-order valence-electron chi connectivity index (χ3n) is 4.62. The summed E-state index contributed by atoms with van der Waals surface area (Å²) in [5.74, 6) is -0.625. The highest BCUT2D eigenvalue weighted by atomic mass is 19.4. The average molecular weight is 406 g/mol. The summed E-state index contributed by atoms with van der Waals surface area (Å²) in [5, 5.41) is 2.73. The van der Waals surface area contributed by atoms with Gasteiger partial charge in [-0.15, -0.1) is 0 Å². The summed E-state index contributed by atoms with van der Waals surface area (Å²) in [6, 6.07) is 11.3. The van der Waals surface area contributed by atoms with Gasteiger partial charge >= 0.3 is 6.18 Å². The molecule has 1 saturated heterocycles. The van der Waals surface area contributed by atoms with Gasteiger partial charge in [0.25, 0.3) is 11.8 Å². The molecule has 2 amide bonds. The highest BCUT2D eigenvalue weighted by Gasteiger charge is 2.30. The molecule has 154 valence electrons.